The summed E-state index contributed by atoms with van der Waals surface area (Å²) in [6, 6.07) is 0. The monoisotopic (exact) mass is 166 g/mol. The largest absolute Gasteiger partial charge is 0.792 e. The molecule has 0 aliphatic carbocycles. The Balaban J connectivity index is 4.45. The van der Waals surface area contributed by atoms with Gasteiger partial charge in [0.1, 0.15) is 5.45 Å². The van der Waals surface area contributed by atoms with E-state index >= 15 is 0 Å². The Morgan fingerprint density at radius 1 is 1.90 bits per heavy atom. The molecule has 0 aromatic rings. The van der Waals surface area contributed by atoms with E-state index in [0.717, 1.165) is 7.11 Å². The smallest absolute Gasteiger partial charge is 0.371 e. The molecule has 0 rings (SSSR count). The highest BCUT2D eigenvalue weighted by molar-refractivity contribution is 7.71. The zero-order valence-electron chi connectivity index (χ0n) is 5.77. The lowest BCUT2D eigenvalue weighted by atomic mass is 10.5. The molecule has 1 unspecified atom stereocenters. The van der Waals surface area contributed by atoms with Gasteiger partial charge in [-0.05, 0) is 6.42 Å². The van der Waals surface area contributed by atoms with Crippen LogP contribution in [0, 0.1) is 5.21 Å². The molecule has 0 fully saturated rings. The Hall–Kier alpha value is -0.380. The maximum atomic E-state index is 10.7. The summed E-state index contributed by atoms with van der Waals surface area (Å²) in [6.45, 7) is 1.55. The minimum absolute atomic E-state index is 0.130. The first kappa shape index (κ1) is 9.62. The molecular formula is C4H9NO4P-. The summed E-state index contributed by atoms with van der Waals surface area (Å²) in [5, 5.41) is 12.2. The highest BCUT2D eigenvalue weighted by Crippen LogP contribution is 2.43. The second-order valence-corrected chi connectivity index (χ2v) is 3.49. The van der Waals surface area contributed by atoms with Crippen molar-refractivity contribution in [3.05, 3.63) is 5.21 Å². The Morgan fingerprint density at radius 3 is 2.50 bits per heavy atom. The van der Waals surface area contributed by atoms with Gasteiger partial charge in [-0.3, -0.25) is 4.57 Å². The molecular weight excluding hydrogens is 157 g/mol. The average Bonchev–Trinajstić information content (AvgIpc) is 1.90. The van der Waals surface area contributed by atoms with Gasteiger partial charge in [0.15, 0.2) is 0 Å². The van der Waals surface area contributed by atoms with Crippen LogP contribution >= 0.6 is 7.60 Å². The van der Waals surface area contributed by atoms with Gasteiger partial charge in [-0.2, -0.15) is 0 Å². The van der Waals surface area contributed by atoms with E-state index in [9.17, 15) is 9.77 Å². The van der Waals surface area contributed by atoms with Gasteiger partial charge < -0.3 is 19.8 Å². The predicted octanol–water partition coefficient (Wildman–Crippen LogP) is 1.12. The number of rotatable bonds is 3. The fraction of sp³-hybridized carbons (Fsp3) is 0.750. The summed E-state index contributed by atoms with van der Waals surface area (Å²) in [4.78, 5) is 8.79. The molecule has 0 amide bonds. The minimum atomic E-state index is -3.85. The molecule has 0 heterocycles. The van der Waals surface area contributed by atoms with Gasteiger partial charge in [-0.1, -0.05) is 6.92 Å². The van der Waals surface area contributed by atoms with E-state index in [-0.39, 0.29) is 11.9 Å². The first-order chi connectivity index (χ1) is 4.58. The Morgan fingerprint density at radius 2 is 2.40 bits per heavy atom. The van der Waals surface area contributed by atoms with Gasteiger partial charge in [-0.15, -0.1) is 0 Å². The van der Waals surface area contributed by atoms with Crippen molar-refractivity contribution >= 4 is 13.0 Å². The molecule has 1 N–H and O–H groups in total. The van der Waals surface area contributed by atoms with Crippen LogP contribution in [0.5, 0.6) is 0 Å². The lowest BCUT2D eigenvalue weighted by molar-refractivity contribution is 0.330. The molecule has 1 atom stereocenters. The number of hydrogen-bond acceptors (Lipinski definition) is 4. The highest BCUT2D eigenvalue weighted by Gasteiger charge is 2.22. The van der Waals surface area contributed by atoms with Crippen LogP contribution in [0.25, 0.3) is 0 Å². The van der Waals surface area contributed by atoms with Crippen molar-refractivity contribution in [2.75, 3.05) is 7.11 Å². The highest BCUT2D eigenvalue weighted by atomic mass is 31.2. The molecule has 60 valence electrons. The number of nitrogens with zero attached hydrogens (tertiary/aromatic N) is 1. The van der Waals surface area contributed by atoms with Crippen molar-refractivity contribution in [1.82, 2.24) is 0 Å². The van der Waals surface area contributed by atoms with Crippen molar-refractivity contribution in [3.8, 4) is 0 Å². The third-order valence-corrected chi connectivity index (χ3v) is 2.54. The maximum Gasteiger partial charge on any atom is 0.371 e. The first-order valence-electron chi connectivity index (χ1n) is 2.66. The Bertz CT molecular complexity index is 178. The van der Waals surface area contributed by atoms with Gasteiger partial charge in [-0.25, -0.2) is 0 Å². The Labute approximate surface area is 58.8 Å². The van der Waals surface area contributed by atoms with Crippen molar-refractivity contribution < 1.29 is 14.0 Å². The van der Waals surface area contributed by atoms with Gasteiger partial charge in [0.25, 0.3) is 0 Å². The topological polar surface area (TPSA) is 82.0 Å². The SMILES string of the molecule is CC/C(=N/[O-])P(=O)(O)OC. The van der Waals surface area contributed by atoms with Gasteiger partial charge in [0.05, 0.1) is 0 Å². The fourth-order valence-electron chi connectivity index (χ4n) is 0.421. The zero-order chi connectivity index (χ0) is 8.20. The molecule has 5 nitrogen and oxygen atoms in total. The molecule has 6 heteroatoms. The van der Waals surface area contributed by atoms with Crippen LogP contribution in [0.15, 0.2) is 5.16 Å². The van der Waals surface area contributed by atoms with Crippen LogP contribution < -0.4 is 0 Å². The lowest BCUT2D eigenvalue weighted by Gasteiger charge is -2.10. The molecule has 0 aliphatic heterocycles. The van der Waals surface area contributed by atoms with E-state index in [1.54, 1.807) is 6.92 Å². The molecule has 0 spiro atoms. The first-order valence-corrected chi connectivity index (χ1v) is 4.24. The van der Waals surface area contributed by atoms with E-state index in [1.165, 1.54) is 0 Å². The van der Waals surface area contributed by atoms with Crippen LogP contribution in [0.2, 0.25) is 0 Å². The zero-order valence-corrected chi connectivity index (χ0v) is 6.67. The van der Waals surface area contributed by atoms with Crippen molar-refractivity contribution in [3.63, 3.8) is 0 Å². The third-order valence-electron chi connectivity index (χ3n) is 0.995. The quantitative estimate of drug-likeness (QED) is 0.387. The molecule has 0 aliphatic rings. The summed E-state index contributed by atoms with van der Waals surface area (Å²) in [7, 11) is -2.79. The molecule has 0 aromatic carbocycles. The summed E-state index contributed by atoms with van der Waals surface area (Å²) in [6.07, 6.45) is 0.130. The number of hydrogen-bond donors (Lipinski definition) is 1. The van der Waals surface area contributed by atoms with Crippen molar-refractivity contribution in [2.45, 2.75) is 13.3 Å². The molecule has 0 radical (unpaired) electrons. The summed E-state index contributed by atoms with van der Waals surface area (Å²) >= 11 is 0. The van der Waals surface area contributed by atoms with Crippen LogP contribution in [0.3, 0.4) is 0 Å². The van der Waals surface area contributed by atoms with E-state index in [4.69, 9.17) is 4.89 Å². The fourth-order valence-corrected chi connectivity index (χ4v) is 1.13. The normalized spacial score (nSPS) is 18.5. The van der Waals surface area contributed by atoms with Crippen LogP contribution in [0.4, 0.5) is 0 Å². The van der Waals surface area contributed by atoms with Crippen molar-refractivity contribution in [1.29, 1.82) is 0 Å². The van der Waals surface area contributed by atoms with Crippen LogP contribution in [0.1, 0.15) is 13.3 Å². The Kier molecular flexibility index (Phi) is 3.57. The molecule has 0 bridgehead atoms. The van der Waals surface area contributed by atoms with E-state index < -0.39 is 7.60 Å². The molecule has 0 saturated heterocycles. The van der Waals surface area contributed by atoms with Crippen LogP contribution in [-0.4, -0.2) is 17.5 Å². The van der Waals surface area contributed by atoms with Gasteiger partial charge in [0, 0.05) is 7.11 Å². The maximum absolute atomic E-state index is 10.7. The van der Waals surface area contributed by atoms with E-state index in [1.807, 2.05) is 0 Å². The molecule has 10 heavy (non-hydrogen) atoms. The van der Waals surface area contributed by atoms with E-state index in [0.29, 0.717) is 0 Å². The molecule has 0 saturated carbocycles. The summed E-state index contributed by atoms with van der Waals surface area (Å²) < 4.78 is 14.9. The van der Waals surface area contributed by atoms with Crippen molar-refractivity contribution in [2.24, 2.45) is 5.16 Å². The standard InChI is InChI=1S/C4H10NO4P/c1-3-4(5-6)10(7,8)9-2/h6H,3H2,1-2H3,(H,7,8)/p-1/b5-4-. The predicted molar refractivity (Wildman–Crippen MR) is 37.9 cm³/mol. The summed E-state index contributed by atoms with van der Waals surface area (Å²) in [5.74, 6) is 0. The van der Waals surface area contributed by atoms with Gasteiger partial charge >= 0.3 is 7.60 Å². The van der Waals surface area contributed by atoms with E-state index in [2.05, 4.69) is 9.68 Å². The third kappa shape index (κ3) is 2.10. The average molecular weight is 166 g/mol. The lowest BCUT2D eigenvalue weighted by Crippen LogP contribution is -1.98. The molecule has 0 aromatic heterocycles. The van der Waals surface area contributed by atoms with Gasteiger partial charge in [0.2, 0.25) is 0 Å². The second kappa shape index (κ2) is 3.71. The minimum Gasteiger partial charge on any atom is -0.792 e. The second-order valence-electron chi connectivity index (χ2n) is 1.56. The van der Waals surface area contributed by atoms with Crippen LogP contribution in [-0.2, 0) is 9.09 Å². The summed E-state index contributed by atoms with van der Waals surface area (Å²) in [5.41, 5.74) is -0.338.